The fraction of sp³-hybridized carbons (Fsp3) is 0.250. The molecule has 9 heavy (non-hydrogen) atoms. The van der Waals surface area contributed by atoms with Crippen molar-refractivity contribution in [3.05, 3.63) is 10.1 Å². The normalized spacial score (nSPS) is 27.0. The van der Waals surface area contributed by atoms with Crippen molar-refractivity contribution in [2.75, 3.05) is 0 Å². The standard InChI is InChI=1S/C4H3Cl2NO2/c5-1-2(6)4(9)7-3(1)8/h3,8H,(H,7,9). The van der Waals surface area contributed by atoms with Gasteiger partial charge in [-0.3, -0.25) is 4.79 Å². The molecule has 0 saturated carbocycles. The lowest BCUT2D eigenvalue weighted by Crippen LogP contribution is -2.27. The number of amides is 1. The lowest BCUT2D eigenvalue weighted by atomic mass is 10.5. The zero-order chi connectivity index (χ0) is 7.02. The van der Waals surface area contributed by atoms with Gasteiger partial charge in [-0.05, 0) is 0 Å². The van der Waals surface area contributed by atoms with Crippen LogP contribution in [0.4, 0.5) is 0 Å². The third-order valence-electron chi connectivity index (χ3n) is 0.917. The average molecular weight is 168 g/mol. The minimum Gasteiger partial charge on any atom is -0.368 e. The first kappa shape index (κ1) is 6.86. The molecule has 3 nitrogen and oxygen atoms in total. The van der Waals surface area contributed by atoms with E-state index >= 15 is 0 Å². The lowest BCUT2D eigenvalue weighted by molar-refractivity contribution is -0.117. The predicted molar refractivity (Wildman–Crippen MR) is 32.9 cm³/mol. The minimum absolute atomic E-state index is 0.0401. The number of aliphatic hydroxyl groups excluding tert-OH is 1. The molecule has 0 radical (unpaired) electrons. The van der Waals surface area contributed by atoms with Gasteiger partial charge in [0.25, 0.3) is 5.91 Å². The van der Waals surface area contributed by atoms with Crippen LogP contribution in [0.15, 0.2) is 10.1 Å². The maximum absolute atomic E-state index is 10.4. The van der Waals surface area contributed by atoms with Gasteiger partial charge in [-0.15, -0.1) is 0 Å². The van der Waals surface area contributed by atoms with Crippen LogP contribution in [-0.2, 0) is 4.79 Å². The van der Waals surface area contributed by atoms with Gasteiger partial charge in [-0.1, -0.05) is 23.2 Å². The van der Waals surface area contributed by atoms with E-state index in [9.17, 15) is 4.79 Å². The van der Waals surface area contributed by atoms with Crippen LogP contribution >= 0.6 is 23.2 Å². The number of carbonyl (C=O) groups excluding carboxylic acids is 1. The summed E-state index contributed by atoms with van der Waals surface area (Å²) in [7, 11) is 0. The summed E-state index contributed by atoms with van der Waals surface area (Å²) < 4.78 is 0. The molecule has 1 rings (SSSR count). The second-order valence-electron chi connectivity index (χ2n) is 1.54. The van der Waals surface area contributed by atoms with Crippen molar-refractivity contribution in [3.63, 3.8) is 0 Å². The number of halogens is 2. The van der Waals surface area contributed by atoms with Crippen LogP contribution in [0.1, 0.15) is 0 Å². The molecule has 0 bridgehead atoms. The summed E-state index contributed by atoms with van der Waals surface area (Å²) in [5.41, 5.74) is 0. The van der Waals surface area contributed by atoms with Gasteiger partial charge >= 0.3 is 0 Å². The van der Waals surface area contributed by atoms with Crippen molar-refractivity contribution < 1.29 is 9.90 Å². The van der Waals surface area contributed by atoms with Gasteiger partial charge in [-0.2, -0.15) is 0 Å². The quantitative estimate of drug-likeness (QED) is 0.539. The second-order valence-corrected chi connectivity index (χ2v) is 2.32. The maximum atomic E-state index is 10.4. The van der Waals surface area contributed by atoms with Gasteiger partial charge in [0.05, 0.1) is 5.03 Å². The van der Waals surface area contributed by atoms with Gasteiger partial charge in [0, 0.05) is 0 Å². The average Bonchev–Trinajstić information content (AvgIpc) is 1.98. The molecule has 0 saturated heterocycles. The third kappa shape index (κ3) is 1.03. The van der Waals surface area contributed by atoms with E-state index in [1.165, 1.54) is 0 Å². The fourth-order valence-electron chi connectivity index (χ4n) is 0.479. The van der Waals surface area contributed by atoms with Crippen molar-refractivity contribution in [1.82, 2.24) is 5.32 Å². The SMILES string of the molecule is O=C1NC(O)C(Cl)=C1Cl. The molecular weight excluding hydrogens is 165 g/mol. The fourth-order valence-corrected chi connectivity index (χ4v) is 0.778. The highest BCUT2D eigenvalue weighted by Crippen LogP contribution is 2.21. The first-order chi connectivity index (χ1) is 4.13. The Kier molecular flexibility index (Phi) is 1.66. The molecular formula is C4H3Cl2NO2. The molecule has 1 unspecified atom stereocenters. The molecule has 1 amide bonds. The van der Waals surface area contributed by atoms with E-state index < -0.39 is 12.1 Å². The highest BCUT2D eigenvalue weighted by Gasteiger charge is 2.27. The molecule has 1 atom stereocenters. The molecule has 50 valence electrons. The Balaban J connectivity index is 2.92. The number of rotatable bonds is 0. The summed E-state index contributed by atoms with van der Waals surface area (Å²) in [6.45, 7) is 0. The van der Waals surface area contributed by atoms with Gasteiger partial charge in [0.15, 0.2) is 6.23 Å². The third-order valence-corrected chi connectivity index (χ3v) is 1.78. The number of carbonyl (C=O) groups is 1. The Bertz CT molecular complexity index is 189. The summed E-state index contributed by atoms with van der Waals surface area (Å²) in [6.07, 6.45) is -1.12. The van der Waals surface area contributed by atoms with Crippen molar-refractivity contribution in [2.45, 2.75) is 6.23 Å². The van der Waals surface area contributed by atoms with Crippen LogP contribution in [-0.4, -0.2) is 17.2 Å². The summed E-state index contributed by atoms with van der Waals surface area (Å²) in [5.74, 6) is -0.533. The minimum atomic E-state index is -1.12. The van der Waals surface area contributed by atoms with Crippen molar-refractivity contribution in [3.8, 4) is 0 Å². The molecule has 1 aliphatic heterocycles. The van der Waals surface area contributed by atoms with Gasteiger partial charge < -0.3 is 10.4 Å². The Morgan fingerprint density at radius 1 is 1.56 bits per heavy atom. The van der Waals surface area contributed by atoms with Crippen LogP contribution in [0.25, 0.3) is 0 Å². The summed E-state index contributed by atoms with van der Waals surface area (Å²) >= 11 is 10.6. The molecule has 1 heterocycles. The van der Waals surface area contributed by atoms with E-state index in [1.807, 2.05) is 0 Å². The number of aliphatic hydroxyl groups is 1. The molecule has 1 aliphatic rings. The Hall–Kier alpha value is -0.250. The van der Waals surface area contributed by atoms with Crippen LogP contribution in [0.2, 0.25) is 0 Å². The van der Waals surface area contributed by atoms with Gasteiger partial charge in [0.1, 0.15) is 5.03 Å². The topological polar surface area (TPSA) is 49.3 Å². The molecule has 0 aliphatic carbocycles. The Morgan fingerprint density at radius 2 is 2.11 bits per heavy atom. The van der Waals surface area contributed by atoms with Crippen LogP contribution in [0.3, 0.4) is 0 Å². The highest BCUT2D eigenvalue weighted by molar-refractivity contribution is 6.49. The smallest absolute Gasteiger partial charge is 0.266 e. The van der Waals surface area contributed by atoms with Crippen LogP contribution in [0, 0.1) is 0 Å². The first-order valence-electron chi connectivity index (χ1n) is 2.17. The molecule has 0 aromatic rings. The lowest BCUT2D eigenvalue weighted by Gasteiger charge is -1.98. The molecule has 0 spiro atoms. The van der Waals surface area contributed by atoms with Crippen molar-refractivity contribution >= 4 is 29.1 Å². The number of hydrogen-bond acceptors (Lipinski definition) is 2. The van der Waals surface area contributed by atoms with E-state index in [2.05, 4.69) is 5.32 Å². The molecule has 5 heteroatoms. The van der Waals surface area contributed by atoms with E-state index in [1.54, 1.807) is 0 Å². The molecule has 2 N–H and O–H groups in total. The Labute approximate surface area is 61.3 Å². The zero-order valence-electron chi connectivity index (χ0n) is 4.19. The maximum Gasteiger partial charge on any atom is 0.266 e. The van der Waals surface area contributed by atoms with Crippen molar-refractivity contribution in [2.24, 2.45) is 0 Å². The van der Waals surface area contributed by atoms with E-state index in [0.717, 1.165) is 0 Å². The molecule has 0 aromatic carbocycles. The van der Waals surface area contributed by atoms with E-state index in [0.29, 0.717) is 0 Å². The van der Waals surface area contributed by atoms with Crippen LogP contribution < -0.4 is 5.32 Å². The summed E-state index contributed by atoms with van der Waals surface area (Å²) in [5, 5.41) is 10.7. The van der Waals surface area contributed by atoms with E-state index in [-0.39, 0.29) is 10.1 Å². The summed E-state index contributed by atoms with van der Waals surface area (Å²) in [6, 6.07) is 0. The zero-order valence-corrected chi connectivity index (χ0v) is 5.70. The largest absolute Gasteiger partial charge is 0.368 e. The van der Waals surface area contributed by atoms with Gasteiger partial charge in [0.2, 0.25) is 0 Å². The van der Waals surface area contributed by atoms with Crippen LogP contribution in [0.5, 0.6) is 0 Å². The monoisotopic (exact) mass is 167 g/mol. The van der Waals surface area contributed by atoms with Gasteiger partial charge in [-0.25, -0.2) is 0 Å². The number of hydrogen-bond donors (Lipinski definition) is 2. The summed E-state index contributed by atoms with van der Waals surface area (Å²) in [4.78, 5) is 10.4. The second kappa shape index (κ2) is 2.17. The first-order valence-corrected chi connectivity index (χ1v) is 2.92. The van der Waals surface area contributed by atoms with Crippen molar-refractivity contribution in [1.29, 1.82) is 0 Å². The molecule has 0 fully saturated rings. The highest BCUT2D eigenvalue weighted by atomic mass is 35.5. The van der Waals surface area contributed by atoms with E-state index in [4.69, 9.17) is 28.3 Å². The predicted octanol–water partition coefficient (Wildman–Crippen LogP) is 0.124. The molecule has 0 aromatic heterocycles. The number of nitrogens with one attached hydrogen (secondary N) is 1. The Morgan fingerprint density at radius 3 is 2.22 bits per heavy atom.